The van der Waals surface area contributed by atoms with E-state index in [0.29, 0.717) is 23.3 Å². The molecule has 1 aromatic carbocycles. The highest BCUT2D eigenvalue weighted by Gasteiger charge is 2.15. The lowest BCUT2D eigenvalue weighted by atomic mass is 10.1. The molecule has 0 radical (unpaired) electrons. The molecule has 0 saturated carbocycles. The lowest BCUT2D eigenvalue weighted by Gasteiger charge is -2.13. The summed E-state index contributed by atoms with van der Waals surface area (Å²) < 4.78 is 12.4. The third-order valence-electron chi connectivity index (χ3n) is 4.27. The van der Waals surface area contributed by atoms with E-state index in [1.807, 2.05) is 0 Å². The minimum absolute atomic E-state index is 0.185. The van der Waals surface area contributed by atoms with Crippen molar-refractivity contribution in [1.29, 1.82) is 0 Å². The molecule has 0 amide bonds. The first kappa shape index (κ1) is 19.6. The molecule has 0 aliphatic carbocycles. The highest BCUT2D eigenvalue weighted by molar-refractivity contribution is 5.88. The van der Waals surface area contributed by atoms with Crippen LogP contribution < -0.4 is 15.0 Å². The fraction of sp³-hybridized carbons (Fsp3) is 0.381. The summed E-state index contributed by atoms with van der Waals surface area (Å²) >= 11 is 0. The van der Waals surface area contributed by atoms with Crippen molar-refractivity contribution in [2.75, 3.05) is 13.7 Å². The van der Waals surface area contributed by atoms with Crippen molar-refractivity contribution in [3.63, 3.8) is 0 Å². The van der Waals surface area contributed by atoms with Crippen LogP contribution >= 0.6 is 0 Å². The lowest BCUT2D eigenvalue weighted by molar-refractivity contribution is 0.361. The van der Waals surface area contributed by atoms with Gasteiger partial charge in [0.2, 0.25) is 5.75 Å². The van der Waals surface area contributed by atoms with E-state index in [0.717, 1.165) is 12.8 Å². The van der Waals surface area contributed by atoms with E-state index >= 15 is 0 Å². The minimum Gasteiger partial charge on any atom is -0.500 e. The Bertz CT molecular complexity index is 902. The number of benzene rings is 1. The van der Waals surface area contributed by atoms with Gasteiger partial charge in [0.05, 0.1) is 12.6 Å². The Morgan fingerprint density at radius 1 is 1.23 bits per heavy atom. The smallest absolute Gasteiger partial charge is 0.296 e. The molecule has 0 atom stereocenters. The van der Waals surface area contributed by atoms with Crippen molar-refractivity contribution in [3.8, 4) is 17.2 Å². The summed E-state index contributed by atoms with van der Waals surface area (Å²) in [5.74, 6) is 0.462. The van der Waals surface area contributed by atoms with E-state index in [9.17, 15) is 9.90 Å². The fourth-order valence-corrected chi connectivity index (χ4v) is 2.74. The van der Waals surface area contributed by atoms with E-state index in [1.54, 1.807) is 25.2 Å². The maximum absolute atomic E-state index is 12.1. The SMILES string of the molecule is COc1c(O)c(=O)n(C)c2cc(OC/C=C(\C)CCC=C(C)C)ccc12. The number of rotatable bonds is 7. The molecule has 0 unspecified atom stereocenters. The molecule has 0 aliphatic rings. The first-order valence-electron chi connectivity index (χ1n) is 8.66. The zero-order chi connectivity index (χ0) is 19.3. The summed E-state index contributed by atoms with van der Waals surface area (Å²) in [5.41, 5.74) is 2.76. The Kier molecular flexibility index (Phi) is 6.50. The molecular formula is C21H27NO4. The molecule has 0 fully saturated rings. The second kappa shape index (κ2) is 8.61. The van der Waals surface area contributed by atoms with Gasteiger partial charge in [0.25, 0.3) is 5.56 Å². The maximum atomic E-state index is 12.1. The molecule has 26 heavy (non-hydrogen) atoms. The fourth-order valence-electron chi connectivity index (χ4n) is 2.74. The summed E-state index contributed by atoms with van der Waals surface area (Å²) in [6.07, 6.45) is 6.34. The van der Waals surface area contributed by atoms with Crippen LogP contribution in [0.5, 0.6) is 17.2 Å². The van der Waals surface area contributed by atoms with Crippen molar-refractivity contribution in [2.45, 2.75) is 33.6 Å². The van der Waals surface area contributed by atoms with Gasteiger partial charge in [-0.2, -0.15) is 0 Å². The van der Waals surface area contributed by atoms with E-state index in [1.165, 1.54) is 22.8 Å². The largest absolute Gasteiger partial charge is 0.500 e. The molecule has 1 aromatic heterocycles. The predicted molar refractivity (Wildman–Crippen MR) is 105 cm³/mol. The van der Waals surface area contributed by atoms with Crippen molar-refractivity contribution < 1.29 is 14.6 Å². The van der Waals surface area contributed by atoms with Crippen molar-refractivity contribution in [1.82, 2.24) is 4.57 Å². The van der Waals surface area contributed by atoms with Gasteiger partial charge in [-0.25, -0.2) is 0 Å². The maximum Gasteiger partial charge on any atom is 0.296 e. The van der Waals surface area contributed by atoms with Crippen molar-refractivity contribution in [2.24, 2.45) is 7.05 Å². The zero-order valence-corrected chi connectivity index (χ0v) is 16.1. The molecule has 0 saturated heterocycles. The Labute approximate surface area is 154 Å². The van der Waals surface area contributed by atoms with Gasteiger partial charge in [-0.15, -0.1) is 0 Å². The highest BCUT2D eigenvalue weighted by Crippen LogP contribution is 2.33. The Balaban J connectivity index is 2.17. The molecule has 0 spiro atoms. The minimum atomic E-state index is -0.499. The van der Waals surface area contributed by atoms with Crippen LogP contribution in [0, 0.1) is 0 Å². The van der Waals surface area contributed by atoms with Crippen LogP contribution in [0.2, 0.25) is 0 Å². The summed E-state index contributed by atoms with van der Waals surface area (Å²) in [7, 11) is 3.04. The Hall–Kier alpha value is -2.69. The van der Waals surface area contributed by atoms with E-state index < -0.39 is 5.56 Å². The van der Waals surface area contributed by atoms with Gasteiger partial charge in [0.1, 0.15) is 12.4 Å². The van der Waals surface area contributed by atoms with E-state index in [4.69, 9.17) is 9.47 Å². The van der Waals surface area contributed by atoms with Gasteiger partial charge < -0.3 is 19.1 Å². The first-order valence-corrected chi connectivity index (χ1v) is 8.66. The number of methoxy groups -OCH3 is 1. The van der Waals surface area contributed by atoms with Crippen LogP contribution in [-0.4, -0.2) is 23.4 Å². The summed E-state index contributed by atoms with van der Waals surface area (Å²) in [4.78, 5) is 12.1. The summed E-state index contributed by atoms with van der Waals surface area (Å²) in [5, 5.41) is 10.6. The number of allylic oxidation sites excluding steroid dienone is 3. The molecule has 5 nitrogen and oxygen atoms in total. The first-order chi connectivity index (χ1) is 12.3. The average molecular weight is 357 g/mol. The number of hydrogen-bond donors (Lipinski definition) is 1. The highest BCUT2D eigenvalue weighted by atomic mass is 16.5. The van der Waals surface area contributed by atoms with E-state index in [2.05, 4.69) is 32.9 Å². The number of aromatic hydroxyl groups is 1. The number of ether oxygens (including phenoxy) is 2. The third-order valence-corrected chi connectivity index (χ3v) is 4.27. The van der Waals surface area contributed by atoms with Gasteiger partial charge in [-0.05, 0) is 51.8 Å². The molecule has 1 N–H and O–H groups in total. The van der Waals surface area contributed by atoms with Gasteiger partial charge >= 0.3 is 0 Å². The van der Waals surface area contributed by atoms with E-state index in [-0.39, 0.29) is 11.5 Å². The van der Waals surface area contributed by atoms with Crippen LogP contribution in [0.15, 0.2) is 46.3 Å². The zero-order valence-electron chi connectivity index (χ0n) is 16.1. The standard InChI is InChI=1S/C21H27NO4/c1-14(2)7-6-8-15(3)11-12-26-16-9-10-17-18(13-16)22(4)21(24)19(23)20(17)25-5/h7,9-11,13,23H,6,8,12H2,1-5H3/b15-11+. The van der Waals surface area contributed by atoms with Gasteiger partial charge in [-0.1, -0.05) is 17.2 Å². The number of aromatic nitrogens is 1. The topological polar surface area (TPSA) is 60.7 Å². The van der Waals surface area contributed by atoms with Gasteiger partial charge in [-0.3, -0.25) is 4.79 Å². The number of nitrogens with zero attached hydrogens (tertiary/aromatic N) is 1. The molecule has 2 aromatic rings. The summed E-state index contributed by atoms with van der Waals surface area (Å²) in [6.45, 7) is 6.77. The molecule has 140 valence electrons. The van der Waals surface area contributed by atoms with Gasteiger partial charge in [0, 0.05) is 18.5 Å². The normalized spacial score (nSPS) is 11.5. The molecule has 0 bridgehead atoms. The van der Waals surface area contributed by atoms with Crippen molar-refractivity contribution >= 4 is 10.9 Å². The number of hydrogen-bond acceptors (Lipinski definition) is 4. The number of aryl methyl sites for hydroxylation is 1. The van der Waals surface area contributed by atoms with Gasteiger partial charge in [0.15, 0.2) is 5.75 Å². The van der Waals surface area contributed by atoms with Crippen LogP contribution in [0.25, 0.3) is 10.9 Å². The number of fused-ring (bicyclic) bond motifs is 1. The Morgan fingerprint density at radius 2 is 1.96 bits per heavy atom. The quantitative estimate of drug-likeness (QED) is 0.750. The summed E-state index contributed by atoms with van der Waals surface area (Å²) in [6, 6.07) is 5.38. The Morgan fingerprint density at radius 3 is 2.62 bits per heavy atom. The number of pyridine rings is 1. The van der Waals surface area contributed by atoms with Crippen LogP contribution in [0.4, 0.5) is 0 Å². The second-order valence-electron chi connectivity index (χ2n) is 6.61. The van der Waals surface area contributed by atoms with Crippen LogP contribution in [-0.2, 0) is 7.05 Å². The predicted octanol–water partition coefficient (Wildman–Crippen LogP) is 4.32. The molecular weight excluding hydrogens is 330 g/mol. The van der Waals surface area contributed by atoms with Crippen LogP contribution in [0.3, 0.4) is 0 Å². The molecule has 0 aliphatic heterocycles. The lowest BCUT2D eigenvalue weighted by Crippen LogP contribution is -2.17. The molecule has 2 rings (SSSR count). The average Bonchev–Trinajstić information content (AvgIpc) is 2.60. The molecule has 1 heterocycles. The van der Waals surface area contributed by atoms with Crippen LogP contribution in [0.1, 0.15) is 33.6 Å². The second-order valence-corrected chi connectivity index (χ2v) is 6.61. The monoisotopic (exact) mass is 357 g/mol. The van der Waals surface area contributed by atoms with Crippen molar-refractivity contribution in [3.05, 3.63) is 51.9 Å². The third kappa shape index (κ3) is 4.48. The molecule has 5 heteroatoms.